The Bertz CT molecular complexity index is 692. The number of hydrogen-bond donors (Lipinski definition) is 2. The normalized spacial score (nSPS) is 18.8. The van der Waals surface area contributed by atoms with E-state index in [1.54, 1.807) is 24.3 Å². The third-order valence-corrected chi connectivity index (χ3v) is 7.02. The van der Waals surface area contributed by atoms with Crippen molar-refractivity contribution in [3.63, 3.8) is 0 Å². The molecule has 6 nitrogen and oxygen atoms in total. The summed E-state index contributed by atoms with van der Waals surface area (Å²) in [5.41, 5.74) is 0. The quantitative estimate of drug-likeness (QED) is 0.354. The molecule has 2 N–H and O–H groups in total. The maximum Gasteiger partial charge on any atom is 0.191 e. The van der Waals surface area contributed by atoms with Gasteiger partial charge in [-0.25, -0.2) is 8.42 Å². The first kappa shape index (κ1) is 22.7. The van der Waals surface area contributed by atoms with Gasteiger partial charge in [0.05, 0.1) is 10.6 Å². The van der Waals surface area contributed by atoms with Crippen molar-refractivity contribution in [2.75, 3.05) is 38.5 Å². The molecule has 1 aliphatic rings. The first-order valence-corrected chi connectivity index (χ1v) is 12.3. The summed E-state index contributed by atoms with van der Waals surface area (Å²) in [5.74, 6) is 0.885. The summed E-state index contributed by atoms with van der Waals surface area (Å²) in [7, 11) is -3.23. The van der Waals surface area contributed by atoms with Gasteiger partial charge < -0.3 is 10.6 Å². The second-order valence-corrected chi connectivity index (χ2v) is 9.38. The third-order valence-electron chi connectivity index (χ3n) is 5.20. The molecule has 158 valence electrons. The Hall–Kier alpha value is -1.60. The van der Waals surface area contributed by atoms with Crippen LogP contribution in [0.5, 0.6) is 0 Å². The highest BCUT2D eigenvalue weighted by Gasteiger charge is 2.20. The predicted molar refractivity (Wildman–Crippen MR) is 117 cm³/mol. The molecule has 1 unspecified atom stereocenters. The molecule has 1 heterocycles. The van der Waals surface area contributed by atoms with Gasteiger partial charge in [-0.3, -0.25) is 9.89 Å². The van der Waals surface area contributed by atoms with Crippen LogP contribution >= 0.6 is 0 Å². The molecule has 0 spiro atoms. The summed E-state index contributed by atoms with van der Waals surface area (Å²) < 4.78 is 24.6. The fourth-order valence-corrected chi connectivity index (χ4v) is 4.98. The van der Waals surface area contributed by atoms with E-state index in [0.717, 1.165) is 25.6 Å². The molecule has 0 aliphatic carbocycles. The van der Waals surface area contributed by atoms with Crippen LogP contribution in [-0.2, 0) is 9.84 Å². The Labute approximate surface area is 170 Å². The number of benzene rings is 1. The fourth-order valence-electron chi connectivity index (χ4n) is 3.67. The van der Waals surface area contributed by atoms with E-state index in [1.165, 1.54) is 32.2 Å². The summed E-state index contributed by atoms with van der Waals surface area (Å²) in [6.45, 7) is 8.64. The molecule has 1 saturated heterocycles. The summed E-state index contributed by atoms with van der Waals surface area (Å²) in [5, 5.41) is 6.64. The van der Waals surface area contributed by atoms with Crippen LogP contribution in [0.4, 0.5) is 0 Å². The van der Waals surface area contributed by atoms with Crippen LogP contribution in [0.3, 0.4) is 0 Å². The lowest BCUT2D eigenvalue weighted by atomic mass is 10.0. The molecule has 7 heteroatoms. The Morgan fingerprint density at radius 3 is 2.68 bits per heavy atom. The number of aliphatic imine (C=N–C) groups is 1. The zero-order valence-corrected chi connectivity index (χ0v) is 18.2. The average Bonchev–Trinajstić information content (AvgIpc) is 2.72. The molecule has 28 heavy (non-hydrogen) atoms. The molecule has 0 bridgehead atoms. The van der Waals surface area contributed by atoms with Gasteiger partial charge in [0.15, 0.2) is 15.8 Å². The minimum atomic E-state index is -3.23. The molecule has 0 radical (unpaired) electrons. The van der Waals surface area contributed by atoms with Crippen molar-refractivity contribution in [3.8, 4) is 0 Å². The van der Waals surface area contributed by atoms with Gasteiger partial charge in [-0.05, 0) is 51.3 Å². The van der Waals surface area contributed by atoms with Crippen molar-refractivity contribution in [2.45, 2.75) is 56.9 Å². The van der Waals surface area contributed by atoms with E-state index in [-0.39, 0.29) is 5.75 Å². The predicted octanol–water partition coefficient (Wildman–Crippen LogP) is 2.67. The van der Waals surface area contributed by atoms with E-state index in [4.69, 9.17) is 0 Å². The number of guanidine groups is 1. The molecular formula is C21H36N4O2S. The molecule has 0 amide bonds. The van der Waals surface area contributed by atoms with Crippen molar-refractivity contribution in [2.24, 2.45) is 4.99 Å². The van der Waals surface area contributed by atoms with Gasteiger partial charge in [0.2, 0.25) is 0 Å². The molecule has 1 aliphatic heterocycles. The van der Waals surface area contributed by atoms with E-state index in [9.17, 15) is 8.42 Å². The van der Waals surface area contributed by atoms with Crippen molar-refractivity contribution in [3.05, 3.63) is 30.3 Å². The van der Waals surface area contributed by atoms with Crippen LogP contribution in [0.2, 0.25) is 0 Å². The monoisotopic (exact) mass is 408 g/mol. The first-order valence-electron chi connectivity index (χ1n) is 10.6. The summed E-state index contributed by atoms with van der Waals surface area (Å²) in [6.07, 6.45) is 5.67. The minimum Gasteiger partial charge on any atom is -0.357 e. The fraction of sp³-hybridized carbons (Fsp3) is 0.667. The van der Waals surface area contributed by atoms with Crippen LogP contribution in [0.25, 0.3) is 0 Å². The zero-order chi connectivity index (χ0) is 20.2. The van der Waals surface area contributed by atoms with E-state index >= 15 is 0 Å². The second-order valence-electron chi connectivity index (χ2n) is 7.27. The zero-order valence-electron chi connectivity index (χ0n) is 17.4. The smallest absolute Gasteiger partial charge is 0.191 e. The van der Waals surface area contributed by atoms with Gasteiger partial charge >= 0.3 is 0 Å². The van der Waals surface area contributed by atoms with Gasteiger partial charge in [-0.2, -0.15) is 0 Å². The van der Waals surface area contributed by atoms with E-state index in [1.807, 2.05) is 13.0 Å². The highest BCUT2D eigenvalue weighted by Crippen LogP contribution is 2.18. The average molecular weight is 409 g/mol. The first-order chi connectivity index (χ1) is 13.6. The van der Waals surface area contributed by atoms with Crippen molar-refractivity contribution < 1.29 is 8.42 Å². The maximum absolute atomic E-state index is 12.3. The van der Waals surface area contributed by atoms with Gasteiger partial charge in [0.25, 0.3) is 0 Å². The third kappa shape index (κ3) is 7.43. The Kier molecular flexibility index (Phi) is 9.78. The topological polar surface area (TPSA) is 73.8 Å². The number of likely N-dealkylation sites (tertiary alicyclic amines) is 1. The summed E-state index contributed by atoms with van der Waals surface area (Å²) >= 11 is 0. The van der Waals surface area contributed by atoms with Gasteiger partial charge in [0.1, 0.15) is 0 Å². The highest BCUT2D eigenvalue weighted by molar-refractivity contribution is 7.91. The Morgan fingerprint density at radius 2 is 1.96 bits per heavy atom. The molecule has 0 saturated carbocycles. The SMILES string of the molecule is CCNC(=NCCCS(=O)(=O)c1ccccc1)NCCN1CCCCC1CC. The number of nitrogens with zero attached hydrogens (tertiary/aromatic N) is 2. The largest absolute Gasteiger partial charge is 0.357 e. The van der Waals surface area contributed by atoms with Gasteiger partial charge in [0, 0.05) is 32.2 Å². The molecule has 0 aromatic heterocycles. The van der Waals surface area contributed by atoms with Gasteiger partial charge in [-0.15, -0.1) is 0 Å². The minimum absolute atomic E-state index is 0.117. The number of rotatable bonds is 10. The van der Waals surface area contributed by atoms with Crippen molar-refractivity contribution in [1.29, 1.82) is 0 Å². The molecule has 1 fully saturated rings. The van der Waals surface area contributed by atoms with Crippen LogP contribution in [0.1, 0.15) is 46.0 Å². The molecule has 2 rings (SSSR count). The summed E-state index contributed by atoms with van der Waals surface area (Å²) in [6, 6.07) is 9.33. The van der Waals surface area contributed by atoms with E-state index in [2.05, 4.69) is 27.4 Å². The lowest BCUT2D eigenvalue weighted by Crippen LogP contribution is -2.46. The molecule has 1 aromatic rings. The number of nitrogens with one attached hydrogen (secondary N) is 2. The molecule has 1 atom stereocenters. The standard InChI is InChI=1S/C21H36N4O2S/c1-3-19-11-8-9-16-25(19)17-15-24-21(22-4-2)23-14-10-18-28(26,27)20-12-6-5-7-13-20/h5-7,12-13,19H,3-4,8-11,14-18H2,1-2H3,(H2,22,23,24). The highest BCUT2D eigenvalue weighted by atomic mass is 32.2. The van der Waals surface area contributed by atoms with Gasteiger partial charge in [-0.1, -0.05) is 31.5 Å². The number of sulfone groups is 1. The van der Waals surface area contributed by atoms with Crippen LogP contribution in [0, 0.1) is 0 Å². The molecule has 1 aromatic carbocycles. The van der Waals surface area contributed by atoms with Crippen LogP contribution in [0.15, 0.2) is 40.2 Å². The van der Waals surface area contributed by atoms with E-state index < -0.39 is 9.84 Å². The summed E-state index contributed by atoms with van der Waals surface area (Å²) in [4.78, 5) is 7.50. The van der Waals surface area contributed by atoms with E-state index in [0.29, 0.717) is 23.9 Å². The van der Waals surface area contributed by atoms with Crippen LogP contribution in [-0.4, -0.2) is 63.8 Å². The molecular weight excluding hydrogens is 372 g/mol. The lowest BCUT2D eigenvalue weighted by Gasteiger charge is -2.35. The Balaban J connectivity index is 1.77. The Morgan fingerprint density at radius 1 is 1.18 bits per heavy atom. The number of hydrogen-bond acceptors (Lipinski definition) is 4. The van der Waals surface area contributed by atoms with Crippen molar-refractivity contribution >= 4 is 15.8 Å². The maximum atomic E-state index is 12.3. The number of piperidine rings is 1. The lowest BCUT2D eigenvalue weighted by molar-refractivity contribution is 0.147. The van der Waals surface area contributed by atoms with Crippen molar-refractivity contribution in [1.82, 2.24) is 15.5 Å². The van der Waals surface area contributed by atoms with Crippen LogP contribution < -0.4 is 10.6 Å². The second kappa shape index (κ2) is 12.1.